The highest BCUT2D eigenvalue weighted by Crippen LogP contribution is 2.19. The summed E-state index contributed by atoms with van der Waals surface area (Å²) >= 11 is 0. The van der Waals surface area contributed by atoms with Crippen LogP contribution < -0.4 is 11.0 Å². The summed E-state index contributed by atoms with van der Waals surface area (Å²) in [5.74, 6) is 0. The standard InChI is InChI=1S/C12H8BFN2O/c14-13-10-5-9-11(15-6-16-12(9)17)8-4-2-1-3-7(8)10/h1-6,13H,(H,15,16,17). The average molecular weight is 226 g/mol. The Morgan fingerprint density at radius 1 is 1.18 bits per heavy atom. The van der Waals surface area contributed by atoms with E-state index in [0.717, 1.165) is 10.8 Å². The molecule has 0 spiro atoms. The third-order valence-corrected chi connectivity index (χ3v) is 2.88. The summed E-state index contributed by atoms with van der Waals surface area (Å²) in [6.45, 7) is 0. The van der Waals surface area contributed by atoms with E-state index in [-0.39, 0.29) is 5.56 Å². The van der Waals surface area contributed by atoms with Crippen molar-refractivity contribution in [2.24, 2.45) is 0 Å². The minimum Gasteiger partial charge on any atom is -0.335 e. The zero-order valence-electron chi connectivity index (χ0n) is 8.90. The van der Waals surface area contributed by atoms with E-state index in [1.54, 1.807) is 6.07 Å². The highest BCUT2D eigenvalue weighted by Gasteiger charge is 2.09. The number of nitrogens with one attached hydrogen (secondary N) is 1. The van der Waals surface area contributed by atoms with Gasteiger partial charge in [0.25, 0.3) is 5.56 Å². The first-order valence-electron chi connectivity index (χ1n) is 5.25. The fourth-order valence-corrected chi connectivity index (χ4v) is 2.09. The van der Waals surface area contributed by atoms with Crippen molar-refractivity contribution in [3.05, 3.63) is 47.0 Å². The molecule has 2 aromatic carbocycles. The van der Waals surface area contributed by atoms with Crippen LogP contribution in [0.4, 0.5) is 4.32 Å². The van der Waals surface area contributed by atoms with Crippen LogP contribution in [0.25, 0.3) is 21.7 Å². The topological polar surface area (TPSA) is 45.8 Å². The molecule has 3 aromatic rings. The average Bonchev–Trinajstić information content (AvgIpc) is 2.38. The third kappa shape index (κ3) is 1.43. The largest absolute Gasteiger partial charge is 0.364 e. The van der Waals surface area contributed by atoms with Crippen LogP contribution in [0.15, 0.2) is 41.5 Å². The van der Waals surface area contributed by atoms with Gasteiger partial charge in [-0.15, -0.1) is 0 Å². The maximum absolute atomic E-state index is 13.0. The van der Waals surface area contributed by atoms with E-state index in [1.165, 1.54) is 6.33 Å². The van der Waals surface area contributed by atoms with Crippen molar-refractivity contribution >= 4 is 34.7 Å². The van der Waals surface area contributed by atoms with Gasteiger partial charge in [-0.05, 0) is 16.9 Å². The number of hydrogen-bond acceptors (Lipinski definition) is 2. The molecule has 0 bridgehead atoms. The van der Waals surface area contributed by atoms with Gasteiger partial charge < -0.3 is 9.30 Å². The lowest BCUT2D eigenvalue weighted by atomic mass is 9.85. The molecule has 3 rings (SSSR count). The van der Waals surface area contributed by atoms with Gasteiger partial charge in [0.15, 0.2) is 0 Å². The van der Waals surface area contributed by atoms with Crippen molar-refractivity contribution in [3.8, 4) is 0 Å². The monoisotopic (exact) mass is 226 g/mol. The molecule has 1 aromatic heterocycles. The smallest absolute Gasteiger partial charge is 0.335 e. The summed E-state index contributed by atoms with van der Waals surface area (Å²) in [6, 6.07) is 8.96. The van der Waals surface area contributed by atoms with Crippen molar-refractivity contribution in [2.75, 3.05) is 0 Å². The predicted molar refractivity (Wildman–Crippen MR) is 67.8 cm³/mol. The number of rotatable bonds is 1. The minimum absolute atomic E-state index is 0.240. The first-order valence-corrected chi connectivity index (χ1v) is 5.25. The van der Waals surface area contributed by atoms with E-state index < -0.39 is 7.56 Å². The number of aromatic amines is 1. The van der Waals surface area contributed by atoms with Gasteiger partial charge in [-0.3, -0.25) is 4.79 Å². The summed E-state index contributed by atoms with van der Waals surface area (Å²) in [4.78, 5) is 18.3. The first-order chi connectivity index (χ1) is 8.31. The lowest BCUT2D eigenvalue weighted by Gasteiger charge is -2.05. The maximum Gasteiger partial charge on any atom is 0.364 e. The molecular formula is C12H8BFN2O. The van der Waals surface area contributed by atoms with Crippen LogP contribution in [0.5, 0.6) is 0 Å². The van der Waals surface area contributed by atoms with E-state index in [0.29, 0.717) is 16.4 Å². The molecule has 0 amide bonds. The Labute approximate surface area is 96.6 Å². The molecular weight excluding hydrogens is 218 g/mol. The quantitative estimate of drug-likeness (QED) is 0.497. The van der Waals surface area contributed by atoms with E-state index in [1.807, 2.05) is 24.3 Å². The highest BCUT2D eigenvalue weighted by atomic mass is 19.1. The first kappa shape index (κ1) is 10.0. The van der Waals surface area contributed by atoms with E-state index in [4.69, 9.17) is 0 Å². The Hall–Kier alpha value is -2.17. The van der Waals surface area contributed by atoms with Crippen molar-refractivity contribution in [1.29, 1.82) is 0 Å². The summed E-state index contributed by atoms with van der Waals surface area (Å²) in [7, 11) is -0.592. The summed E-state index contributed by atoms with van der Waals surface area (Å²) in [5.41, 5.74) is 0.892. The normalized spacial score (nSPS) is 10.9. The minimum atomic E-state index is -0.592. The van der Waals surface area contributed by atoms with Gasteiger partial charge in [0.2, 0.25) is 0 Å². The van der Waals surface area contributed by atoms with Crippen molar-refractivity contribution in [2.45, 2.75) is 0 Å². The second-order valence-electron chi connectivity index (χ2n) is 3.84. The fourth-order valence-electron chi connectivity index (χ4n) is 2.09. The van der Waals surface area contributed by atoms with Gasteiger partial charge in [0.05, 0.1) is 17.2 Å². The molecule has 1 N–H and O–H groups in total. The number of nitrogens with zero attached hydrogens (tertiary/aromatic N) is 1. The van der Waals surface area contributed by atoms with Gasteiger partial charge in [-0.1, -0.05) is 24.3 Å². The lowest BCUT2D eigenvalue weighted by molar-refractivity contribution is 0.885. The molecule has 3 nitrogen and oxygen atoms in total. The molecule has 1 heterocycles. The third-order valence-electron chi connectivity index (χ3n) is 2.88. The molecule has 17 heavy (non-hydrogen) atoms. The summed E-state index contributed by atoms with van der Waals surface area (Å²) < 4.78 is 13.0. The molecule has 0 radical (unpaired) electrons. The Balaban J connectivity index is 2.64. The van der Waals surface area contributed by atoms with Crippen molar-refractivity contribution in [1.82, 2.24) is 9.97 Å². The predicted octanol–water partition coefficient (Wildman–Crippen LogP) is 1.02. The van der Waals surface area contributed by atoms with Gasteiger partial charge in [0.1, 0.15) is 0 Å². The highest BCUT2D eigenvalue weighted by molar-refractivity contribution is 6.51. The Morgan fingerprint density at radius 2 is 1.94 bits per heavy atom. The van der Waals surface area contributed by atoms with Gasteiger partial charge in [-0.25, -0.2) is 4.98 Å². The van der Waals surface area contributed by atoms with Crippen LogP contribution in [0.3, 0.4) is 0 Å². The van der Waals surface area contributed by atoms with Crippen LogP contribution in [0.2, 0.25) is 0 Å². The zero-order chi connectivity index (χ0) is 11.8. The maximum atomic E-state index is 13.0. The molecule has 5 heteroatoms. The van der Waals surface area contributed by atoms with Crippen molar-refractivity contribution < 1.29 is 4.32 Å². The molecule has 0 aliphatic rings. The van der Waals surface area contributed by atoms with Crippen LogP contribution in [-0.2, 0) is 0 Å². The number of hydrogen-bond donors (Lipinski definition) is 1. The number of fused-ring (bicyclic) bond motifs is 3. The number of benzene rings is 2. The second-order valence-corrected chi connectivity index (χ2v) is 3.84. The number of H-pyrrole nitrogens is 1. The summed E-state index contributed by atoms with van der Waals surface area (Å²) in [6.07, 6.45) is 1.37. The fraction of sp³-hybridized carbons (Fsp3) is 0. The van der Waals surface area contributed by atoms with Crippen LogP contribution in [0.1, 0.15) is 0 Å². The van der Waals surface area contributed by atoms with Crippen LogP contribution in [0, 0.1) is 0 Å². The van der Waals surface area contributed by atoms with E-state index in [2.05, 4.69) is 9.97 Å². The Kier molecular flexibility index (Phi) is 2.18. The molecule has 0 aliphatic heterocycles. The molecule has 0 atom stereocenters. The molecule has 0 saturated heterocycles. The van der Waals surface area contributed by atoms with Crippen LogP contribution in [-0.4, -0.2) is 17.5 Å². The lowest BCUT2D eigenvalue weighted by Crippen LogP contribution is -2.15. The van der Waals surface area contributed by atoms with Crippen LogP contribution >= 0.6 is 0 Å². The van der Waals surface area contributed by atoms with Gasteiger partial charge >= 0.3 is 7.56 Å². The Bertz CT molecular complexity index is 769. The number of halogens is 1. The zero-order valence-corrected chi connectivity index (χ0v) is 8.90. The van der Waals surface area contributed by atoms with Crippen molar-refractivity contribution in [3.63, 3.8) is 0 Å². The second kappa shape index (κ2) is 3.70. The SMILES string of the molecule is O=c1[nH]cnc2c1cc(BF)c1ccccc12. The Morgan fingerprint density at radius 3 is 2.71 bits per heavy atom. The van der Waals surface area contributed by atoms with Gasteiger partial charge in [-0.2, -0.15) is 0 Å². The molecule has 0 saturated carbocycles. The molecule has 0 fully saturated rings. The van der Waals surface area contributed by atoms with E-state index >= 15 is 0 Å². The van der Waals surface area contributed by atoms with E-state index in [9.17, 15) is 9.11 Å². The summed E-state index contributed by atoms with van der Waals surface area (Å²) in [5, 5.41) is 2.04. The number of aromatic nitrogens is 2. The van der Waals surface area contributed by atoms with Gasteiger partial charge in [0, 0.05) is 5.39 Å². The molecule has 0 aliphatic carbocycles. The molecule has 82 valence electrons. The molecule has 0 unspecified atom stereocenters.